The molecular formula is C21H35N3O. The second-order valence-electron chi connectivity index (χ2n) is 7.88. The van der Waals surface area contributed by atoms with Crippen LogP contribution in [-0.4, -0.2) is 80.2 Å². The molecule has 0 amide bonds. The highest BCUT2D eigenvalue weighted by Gasteiger charge is 2.21. The topological polar surface area (TPSA) is 19.0 Å². The van der Waals surface area contributed by atoms with Gasteiger partial charge >= 0.3 is 0 Å². The zero-order chi connectivity index (χ0) is 17.6. The molecule has 0 atom stereocenters. The molecule has 1 aromatic carbocycles. The predicted octanol–water partition coefficient (Wildman–Crippen LogP) is 2.78. The van der Waals surface area contributed by atoms with E-state index in [1.807, 2.05) is 0 Å². The monoisotopic (exact) mass is 345 g/mol. The first-order valence-electron chi connectivity index (χ1n) is 9.98. The van der Waals surface area contributed by atoms with Crippen molar-refractivity contribution in [3.63, 3.8) is 0 Å². The molecule has 0 radical (unpaired) electrons. The molecule has 0 unspecified atom stereocenters. The summed E-state index contributed by atoms with van der Waals surface area (Å²) in [5.74, 6) is 1.11. The molecular weight excluding hydrogens is 310 g/mol. The van der Waals surface area contributed by atoms with E-state index in [-0.39, 0.29) is 0 Å². The van der Waals surface area contributed by atoms with Crippen LogP contribution in [0, 0.1) is 13.8 Å². The molecule has 1 aromatic rings. The maximum atomic E-state index is 6.34. The number of ether oxygens (including phenoxy) is 1. The smallest absolute Gasteiger partial charge is 0.125 e. The lowest BCUT2D eigenvalue weighted by Gasteiger charge is -2.35. The van der Waals surface area contributed by atoms with Crippen molar-refractivity contribution in [1.29, 1.82) is 0 Å². The van der Waals surface area contributed by atoms with Crippen molar-refractivity contribution in [2.75, 3.05) is 59.4 Å². The molecule has 2 aliphatic rings. The maximum absolute atomic E-state index is 6.34. The minimum atomic E-state index is 0.383. The van der Waals surface area contributed by atoms with Crippen LogP contribution in [0.1, 0.15) is 30.4 Å². The van der Waals surface area contributed by atoms with Crippen LogP contribution in [0.3, 0.4) is 0 Å². The van der Waals surface area contributed by atoms with Gasteiger partial charge in [0.15, 0.2) is 0 Å². The van der Waals surface area contributed by atoms with Crippen LogP contribution < -0.4 is 4.74 Å². The molecule has 2 saturated heterocycles. The van der Waals surface area contributed by atoms with Crippen molar-refractivity contribution >= 4 is 0 Å². The number of aryl methyl sites for hydroxylation is 2. The van der Waals surface area contributed by atoms with Gasteiger partial charge in [0.25, 0.3) is 0 Å². The van der Waals surface area contributed by atoms with Crippen LogP contribution in [-0.2, 0) is 0 Å². The summed E-state index contributed by atoms with van der Waals surface area (Å²) in [4.78, 5) is 7.68. The van der Waals surface area contributed by atoms with Crippen LogP contribution in [0.4, 0.5) is 0 Å². The molecule has 2 fully saturated rings. The molecule has 0 aromatic heterocycles. The van der Waals surface area contributed by atoms with Gasteiger partial charge in [-0.15, -0.1) is 0 Å². The van der Waals surface area contributed by atoms with Gasteiger partial charge in [-0.2, -0.15) is 0 Å². The van der Waals surface area contributed by atoms with E-state index in [1.165, 1.54) is 69.9 Å². The average molecular weight is 346 g/mol. The lowest BCUT2D eigenvalue weighted by molar-refractivity contribution is 0.0934. The summed E-state index contributed by atoms with van der Waals surface area (Å²) in [7, 11) is 2.22. The van der Waals surface area contributed by atoms with Crippen molar-refractivity contribution < 1.29 is 4.74 Å². The summed E-state index contributed by atoms with van der Waals surface area (Å²) in [5, 5.41) is 0. The molecule has 0 N–H and O–H groups in total. The first-order valence-corrected chi connectivity index (χ1v) is 9.98. The Bertz CT molecular complexity index is 512. The fourth-order valence-electron chi connectivity index (χ4n) is 3.99. The highest BCUT2D eigenvalue weighted by atomic mass is 16.5. The zero-order valence-electron chi connectivity index (χ0n) is 16.3. The Kier molecular flexibility index (Phi) is 6.74. The lowest BCUT2D eigenvalue weighted by Crippen LogP contribution is -2.45. The minimum Gasteiger partial charge on any atom is -0.490 e. The van der Waals surface area contributed by atoms with Gasteiger partial charge in [0.2, 0.25) is 0 Å². The van der Waals surface area contributed by atoms with E-state index in [9.17, 15) is 0 Å². The summed E-state index contributed by atoms with van der Waals surface area (Å²) in [6, 6.07) is 6.41. The molecule has 2 aliphatic heterocycles. The number of nitrogens with zero attached hydrogens (tertiary/aromatic N) is 3. The van der Waals surface area contributed by atoms with Gasteiger partial charge in [0.1, 0.15) is 11.9 Å². The fourth-order valence-corrected chi connectivity index (χ4v) is 3.99. The Morgan fingerprint density at radius 1 is 0.880 bits per heavy atom. The third-order valence-electron chi connectivity index (χ3n) is 5.77. The van der Waals surface area contributed by atoms with Gasteiger partial charge in [0, 0.05) is 39.3 Å². The van der Waals surface area contributed by atoms with Gasteiger partial charge in [-0.25, -0.2) is 0 Å². The van der Waals surface area contributed by atoms with E-state index in [0.29, 0.717) is 6.10 Å². The van der Waals surface area contributed by atoms with E-state index in [2.05, 4.69) is 53.8 Å². The minimum absolute atomic E-state index is 0.383. The van der Waals surface area contributed by atoms with Crippen molar-refractivity contribution in [1.82, 2.24) is 14.7 Å². The first-order chi connectivity index (χ1) is 12.1. The molecule has 2 heterocycles. The van der Waals surface area contributed by atoms with E-state index in [4.69, 9.17) is 4.74 Å². The summed E-state index contributed by atoms with van der Waals surface area (Å²) in [6.45, 7) is 14.1. The van der Waals surface area contributed by atoms with Crippen molar-refractivity contribution in [3.8, 4) is 5.75 Å². The molecule has 140 valence electrons. The molecule has 0 aliphatic carbocycles. The van der Waals surface area contributed by atoms with Gasteiger partial charge in [0.05, 0.1) is 0 Å². The largest absolute Gasteiger partial charge is 0.490 e. The van der Waals surface area contributed by atoms with Crippen LogP contribution in [0.5, 0.6) is 5.75 Å². The van der Waals surface area contributed by atoms with Crippen LogP contribution >= 0.6 is 0 Å². The maximum Gasteiger partial charge on any atom is 0.125 e. The van der Waals surface area contributed by atoms with E-state index >= 15 is 0 Å². The van der Waals surface area contributed by atoms with Gasteiger partial charge in [-0.3, -0.25) is 0 Å². The standard InChI is InChI=1S/C21H35N3O/c1-18-6-4-7-19(2)21(18)25-20-8-12-23(13-9-20)10-5-11-24-16-14-22(3)15-17-24/h4,6-7,20H,5,8-17H2,1-3H3. The summed E-state index contributed by atoms with van der Waals surface area (Å²) >= 11 is 0. The average Bonchev–Trinajstić information content (AvgIpc) is 2.61. The highest BCUT2D eigenvalue weighted by Crippen LogP contribution is 2.26. The molecule has 0 bridgehead atoms. The van der Waals surface area contributed by atoms with Gasteiger partial charge in [-0.05, 0) is 64.4 Å². The fraction of sp³-hybridized carbons (Fsp3) is 0.714. The Balaban J connectivity index is 1.35. The molecule has 3 rings (SSSR count). The third kappa shape index (κ3) is 5.44. The number of piperazine rings is 1. The number of rotatable bonds is 6. The predicted molar refractivity (Wildman–Crippen MR) is 105 cm³/mol. The Labute approximate surface area is 153 Å². The quantitative estimate of drug-likeness (QED) is 0.789. The SMILES string of the molecule is Cc1cccc(C)c1OC1CCN(CCCN2CCN(C)CC2)CC1. The number of benzene rings is 1. The van der Waals surface area contributed by atoms with Crippen molar-refractivity contribution in [3.05, 3.63) is 29.3 Å². The first kappa shape index (κ1) is 18.7. The highest BCUT2D eigenvalue weighted by molar-refractivity contribution is 5.39. The normalized spacial score (nSPS) is 21.6. The van der Waals surface area contributed by atoms with Crippen LogP contribution in [0.2, 0.25) is 0 Å². The third-order valence-corrected chi connectivity index (χ3v) is 5.77. The Hall–Kier alpha value is -1.10. The number of likely N-dealkylation sites (tertiary alicyclic amines) is 1. The molecule has 0 spiro atoms. The van der Waals surface area contributed by atoms with Crippen molar-refractivity contribution in [2.45, 2.75) is 39.2 Å². The zero-order valence-corrected chi connectivity index (χ0v) is 16.3. The summed E-state index contributed by atoms with van der Waals surface area (Å²) in [5.41, 5.74) is 2.52. The molecule has 0 saturated carbocycles. The second kappa shape index (κ2) is 9.02. The molecule has 25 heavy (non-hydrogen) atoms. The number of hydrogen-bond acceptors (Lipinski definition) is 4. The van der Waals surface area contributed by atoms with Crippen LogP contribution in [0.25, 0.3) is 0 Å². The molecule has 4 heteroatoms. The van der Waals surface area contributed by atoms with Crippen molar-refractivity contribution in [2.24, 2.45) is 0 Å². The lowest BCUT2D eigenvalue weighted by atomic mass is 10.1. The number of likely N-dealkylation sites (N-methyl/N-ethyl adjacent to an activating group) is 1. The van der Waals surface area contributed by atoms with Gasteiger partial charge < -0.3 is 19.4 Å². The van der Waals surface area contributed by atoms with E-state index in [0.717, 1.165) is 18.6 Å². The molecule has 4 nitrogen and oxygen atoms in total. The van der Waals surface area contributed by atoms with Crippen LogP contribution in [0.15, 0.2) is 18.2 Å². The van der Waals surface area contributed by atoms with E-state index in [1.54, 1.807) is 0 Å². The van der Waals surface area contributed by atoms with E-state index < -0.39 is 0 Å². The number of piperidine rings is 1. The Morgan fingerprint density at radius 3 is 2.04 bits per heavy atom. The number of para-hydroxylation sites is 1. The summed E-state index contributed by atoms with van der Waals surface area (Å²) < 4.78 is 6.34. The second-order valence-corrected chi connectivity index (χ2v) is 7.88. The Morgan fingerprint density at radius 2 is 1.44 bits per heavy atom. The summed E-state index contributed by atoms with van der Waals surface area (Å²) in [6.07, 6.45) is 3.99. The number of hydrogen-bond donors (Lipinski definition) is 0. The van der Waals surface area contributed by atoms with Gasteiger partial charge in [-0.1, -0.05) is 18.2 Å².